The van der Waals surface area contributed by atoms with E-state index in [1.807, 2.05) is 91.0 Å². The molecule has 0 saturated carbocycles. The topological polar surface area (TPSA) is 132 Å². The van der Waals surface area contributed by atoms with Crippen molar-refractivity contribution in [2.75, 3.05) is 4.72 Å². The van der Waals surface area contributed by atoms with Crippen LogP contribution in [0.15, 0.2) is 127 Å². The lowest BCUT2D eigenvalue weighted by Gasteiger charge is -2.04. The maximum absolute atomic E-state index is 12.7. The molecule has 7 rings (SSSR count). The molecule has 0 radical (unpaired) electrons. The Balaban J connectivity index is 0.000000167. The second-order valence-corrected chi connectivity index (χ2v) is 16.5. The Kier molecular flexibility index (Phi) is 8.66. The number of nitrogens with zero attached hydrogens (tertiary/aromatic N) is 1. The number of rotatable bonds is 6. The number of aromatic nitrogens is 1. The van der Waals surface area contributed by atoms with E-state index in [0.717, 1.165) is 42.4 Å². The fourth-order valence-electron chi connectivity index (χ4n) is 4.70. The van der Waals surface area contributed by atoms with Gasteiger partial charge in [0.1, 0.15) is 12.9 Å². The summed E-state index contributed by atoms with van der Waals surface area (Å²) >= 11 is 5.67. The van der Waals surface area contributed by atoms with Crippen molar-refractivity contribution in [3.8, 4) is 20.9 Å². The van der Waals surface area contributed by atoms with Crippen molar-refractivity contribution in [1.82, 2.24) is 5.16 Å². The Bertz CT molecular complexity index is 2390. The number of hydrogen-bond acceptors (Lipinski definition) is 8. The third kappa shape index (κ3) is 6.59. The van der Waals surface area contributed by atoms with Gasteiger partial charge in [0.25, 0.3) is 15.9 Å². The molecule has 13 heteroatoms. The Hall–Kier alpha value is -3.85. The van der Waals surface area contributed by atoms with E-state index in [1.165, 1.54) is 22.7 Å². The molecular formula is C32H24BrN3O5S4. The van der Waals surface area contributed by atoms with Crippen molar-refractivity contribution in [3.63, 3.8) is 0 Å². The van der Waals surface area contributed by atoms with Crippen LogP contribution < -0.4 is 9.86 Å². The van der Waals surface area contributed by atoms with Crippen LogP contribution in [0, 0.1) is 6.92 Å². The second-order valence-electron chi connectivity index (χ2n) is 9.85. The zero-order valence-electron chi connectivity index (χ0n) is 23.5. The summed E-state index contributed by atoms with van der Waals surface area (Å²) in [6.07, 6.45) is 0. The van der Waals surface area contributed by atoms with Crippen molar-refractivity contribution in [2.45, 2.75) is 15.3 Å². The maximum atomic E-state index is 12.7. The third-order valence-corrected chi connectivity index (χ3v) is 13.3. The summed E-state index contributed by atoms with van der Waals surface area (Å²) in [7, 11) is -7.38. The number of nitrogens with one attached hydrogen (secondary N) is 1. The van der Waals surface area contributed by atoms with Crippen LogP contribution in [0.2, 0.25) is 0 Å². The average molecular weight is 739 g/mol. The average Bonchev–Trinajstić information content (AvgIpc) is 3.79. The lowest BCUT2D eigenvalue weighted by atomic mass is 10.0. The number of nitrogens with two attached hydrogens (primary N) is 1. The van der Waals surface area contributed by atoms with E-state index in [9.17, 15) is 16.8 Å². The van der Waals surface area contributed by atoms with Crippen LogP contribution in [0.1, 0.15) is 5.69 Å². The summed E-state index contributed by atoms with van der Waals surface area (Å²) in [5.74, 6) is 0.0719. The molecule has 0 aliphatic carbocycles. The predicted molar refractivity (Wildman–Crippen MR) is 186 cm³/mol. The Labute approximate surface area is 276 Å². The van der Waals surface area contributed by atoms with E-state index in [1.54, 1.807) is 25.1 Å². The van der Waals surface area contributed by atoms with Gasteiger partial charge in [-0.3, -0.25) is 0 Å². The Morgan fingerprint density at radius 3 is 1.67 bits per heavy atom. The molecule has 0 aliphatic rings. The Morgan fingerprint density at radius 1 is 0.689 bits per heavy atom. The molecule has 45 heavy (non-hydrogen) atoms. The highest BCUT2D eigenvalue weighted by atomic mass is 79.9. The SMILES string of the molecule is Cc1noc(NS(=O)(=O)c2ccc(-c3cccc4ccccc34)s2)c1Br.NS(=O)(=O)c1ccc(-c2cccc3ccccc23)s1. The normalized spacial score (nSPS) is 11.8. The first kappa shape index (κ1) is 31.1. The van der Waals surface area contributed by atoms with Gasteiger partial charge in [-0.05, 0) is 79.8 Å². The van der Waals surface area contributed by atoms with E-state index in [0.29, 0.717) is 10.2 Å². The highest BCUT2D eigenvalue weighted by molar-refractivity contribution is 9.10. The number of sulfonamides is 2. The van der Waals surface area contributed by atoms with Crippen LogP contribution in [-0.4, -0.2) is 22.0 Å². The van der Waals surface area contributed by atoms with Crippen molar-refractivity contribution < 1.29 is 21.4 Å². The summed E-state index contributed by atoms with van der Waals surface area (Å²) in [4.78, 5) is 1.79. The number of aryl methyl sites for hydroxylation is 1. The highest BCUT2D eigenvalue weighted by Gasteiger charge is 2.22. The third-order valence-electron chi connectivity index (χ3n) is 6.84. The summed E-state index contributed by atoms with van der Waals surface area (Å²) in [6.45, 7) is 1.72. The molecule has 8 nitrogen and oxygen atoms in total. The van der Waals surface area contributed by atoms with Crippen LogP contribution in [0.4, 0.5) is 5.88 Å². The minimum Gasteiger partial charge on any atom is -0.336 e. The molecule has 0 unspecified atom stereocenters. The molecule has 0 spiro atoms. The van der Waals surface area contributed by atoms with Crippen LogP contribution in [-0.2, 0) is 20.0 Å². The fourth-order valence-corrected chi connectivity index (χ4v) is 9.19. The monoisotopic (exact) mass is 737 g/mol. The van der Waals surface area contributed by atoms with Crippen LogP contribution in [0.3, 0.4) is 0 Å². The molecule has 4 aromatic carbocycles. The smallest absolute Gasteiger partial charge is 0.273 e. The summed E-state index contributed by atoms with van der Waals surface area (Å²) < 4.78 is 56.3. The molecule has 0 fully saturated rings. The van der Waals surface area contributed by atoms with Gasteiger partial charge in [0.05, 0.1) is 5.69 Å². The van der Waals surface area contributed by atoms with E-state index in [4.69, 9.17) is 9.66 Å². The van der Waals surface area contributed by atoms with E-state index < -0.39 is 20.0 Å². The molecule has 0 amide bonds. The van der Waals surface area contributed by atoms with Gasteiger partial charge in [0.2, 0.25) is 10.0 Å². The number of primary sulfonamides is 1. The number of anilines is 1. The molecule has 7 aromatic rings. The van der Waals surface area contributed by atoms with Crippen LogP contribution >= 0.6 is 38.6 Å². The lowest BCUT2D eigenvalue weighted by Crippen LogP contribution is -2.11. The Morgan fingerprint density at radius 2 is 1.18 bits per heavy atom. The zero-order valence-corrected chi connectivity index (χ0v) is 28.3. The maximum Gasteiger partial charge on any atom is 0.273 e. The number of benzene rings is 4. The molecule has 3 N–H and O–H groups in total. The summed E-state index contributed by atoms with van der Waals surface area (Å²) in [5, 5.41) is 13.3. The fraction of sp³-hybridized carbons (Fsp3) is 0.0312. The van der Waals surface area contributed by atoms with Gasteiger partial charge in [-0.25, -0.2) is 26.7 Å². The first-order valence-electron chi connectivity index (χ1n) is 13.3. The van der Waals surface area contributed by atoms with E-state index in [2.05, 4.69) is 25.8 Å². The van der Waals surface area contributed by atoms with Crippen LogP contribution in [0.5, 0.6) is 0 Å². The number of fused-ring (bicyclic) bond motifs is 2. The summed E-state index contributed by atoms with van der Waals surface area (Å²) in [6, 6.07) is 34.8. The number of hydrogen-bond donors (Lipinski definition) is 2. The van der Waals surface area contributed by atoms with E-state index in [-0.39, 0.29) is 14.3 Å². The first-order valence-corrected chi connectivity index (χ1v) is 18.8. The molecule has 0 saturated heterocycles. The summed E-state index contributed by atoms with van der Waals surface area (Å²) in [5.41, 5.74) is 2.61. The van der Waals surface area contributed by atoms with Gasteiger partial charge in [-0.15, -0.1) is 22.7 Å². The highest BCUT2D eigenvalue weighted by Crippen LogP contribution is 2.37. The van der Waals surface area contributed by atoms with E-state index >= 15 is 0 Å². The zero-order chi connectivity index (χ0) is 31.8. The van der Waals surface area contributed by atoms with Gasteiger partial charge in [0.15, 0.2) is 0 Å². The number of halogens is 1. The number of thiophene rings is 2. The van der Waals surface area contributed by atoms with Crippen molar-refractivity contribution >= 4 is 86.1 Å². The largest absolute Gasteiger partial charge is 0.336 e. The van der Waals surface area contributed by atoms with Crippen molar-refractivity contribution in [1.29, 1.82) is 0 Å². The predicted octanol–water partition coefficient (Wildman–Crippen LogP) is 8.64. The van der Waals surface area contributed by atoms with Crippen LogP contribution in [0.25, 0.3) is 42.4 Å². The molecular weight excluding hydrogens is 715 g/mol. The van der Waals surface area contributed by atoms with Gasteiger partial charge >= 0.3 is 0 Å². The molecule has 0 aliphatic heterocycles. The minimum absolute atomic E-state index is 0.0719. The molecule has 3 aromatic heterocycles. The standard InChI is InChI=1S/C18H13BrN2O3S2.C14H11NO2S2/c1-11-17(19)18(24-20-11)21-26(22,23)16-10-9-15(25-16)14-8-4-6-12-5-2-3-7-13(12)14;15-19(16,17)14-9-8-13(18-14)12-7-3-5-10-4-1-2-6-11(10)12/h2-10,21H,1H3;1-9H,(H2,15,16,17). The van der Waals surface area contributed by atoms with Gasteiger partial charge in [-0.2, -0.15) is 0 Å². The minimum atomic E-state index is -3.76. The lowest BCUT2D eigenvalue weighted by molar-refractivity contribution is 0.430. The molecule has 3 heterocycles. The van der Waals surface area contributed by atoms with Crippen molar-refractivity contribution in [3.05, 3.63) is 119 Å². The second kappa shape index (κ2) is 12.5. The van der Waals surface area contributed by atoms with Crippen molar-refractivity contribution in [2.24, 2.45) is 5.14 Å². The quantitative estimate of drug-likeness (QED) is 0.176. The first-order chi connectivity index (χ1) is 21.5. The van der Waals surface area contributed by atoms with Gasteiger partial charge in [0, 0.05) is 9.75 Å². The molecule has 228 valence electrons. The molecule has 0 bridgehead atoms. The van der Waals surface area contributed by atoms with Gasteiger partial charge < -0.3 is 4.52 Å². The van der Waals surface area contributed by atoms with Gasteiger partial charge in [-0.1, -0.05) is 90.1 Å². The molecule has 0 atom stereocenters.